The van der Waals surface area contributed by atoms with Gasteiger partial charge in [-0.3, -0.25) is 0 Å². The first-order valence-corrected chi connectivity index (χ1v) is 10.7. The van der Waals surface area contributed by atoms with E-state index in [2.05, 4.69) is 4.90 Å². The second kappa shape index (κ2) is 15.3. The Labute approximate surface area is 200 Å². The van der Waals surface area contributed by atoms with Crippen LogP contribution in [0.4, 0.5) is 51.8 Å². The molecule has 0 saturated carbocycles. The Bertz CT molecular complexity index is 416. The maximum Gasteiger partial charge on any atom is 0.673 e. The van der Waals surface area contributed by atoms with E-state index in [1.807, 2.05) is 20.8 Å². The first-order chi connectivity index (χ1) is 12.9. The van der Waals surface area contributed by atoms with E-state index in [-0.39, 0.29) is 17.5 Å². The van der Waals surface area contributed by atoms with Crippen LogP contribution >= 0.6 is 0 Å². The van der Waals surface area contributed by atoms with E-state index in [4.69, 9.17) is 4.74 Å². The molecule has 3 nitrogen and oxygen atoms in total. The van der Waals surface area contributed by atoms with Crippen molar-refractivity contribution in [2.45, 2.75) is 39.2 Å². The fourth-order valence-corrected chi connectivity index (χ4v) is 2.86. The molecule has 0 atom stereocenters. The Kier molecular flexibility index (Phi) is 17.9. The number of hydrogen-bond acceptors (Lipinski definition) is 3. The van der Waals surface area contributed by atoms with Crippen molar-refractivity contribution < 1.29 is 61.3 Å². The smallest absolute Gasteiger partial charge is 0.418 e. The molecule has 0 aliphatic carbocycles. The summed E-state index contributed by atoms with van der Waals surface area (Å²) in [5.74, 6) is 0.138. The van der Waals surface area contributed by atoms with E-state index in [1.165, 1.54) is 0.639 Å². The number of piperidine rings is 1. The summed E-state index contributed by atoms with van der Waals surface area (Å²) in [6, 6.07) is 0. The number of nitrogens with zero attached hydrogens (tertiary/aromatic N) is 1. The van der Waals surface area contributed by atoms with Crippen molar-refractivity contribution in [3.8, 4) is 0 Å². The van der Waals surface area contributed by atoms with Crippen LogP contribution in [0.2, 0.25) is 0 Å². The maximum absolute atomic E-state index is 11.8. The number of halogens is 12. The average molecular weight is 498 g/mol. The van der Waals surface area contributed by atoms with Crippen LogP contribution < -0.4 is 0 Å². The molecule has 1 saturated heterocycles. The van der Waals surface area contributed by atoms with Crippen LogP contribution in [0.3, 0.4) is 0 Å². The van der Waals surface area contributed by atoms with Crippen LogP contribution in [0.15, 0.2) is 0 Å². The van der Waals surface area contributed by atoms with Crippen LogP contribution in [-0.2, 0) is 9.53 Å². The largest absolute Gasteiger partial charge is 0.673 e. The second-order valence-electron chi connectivity index (χ2n) is 6.73. The number of ether oxygens (including phenoxy) is 1. The fraction of sp³-hybridized carbons (Fsp3) is 0.909. The first-order valence-electron chi connectivity index (χ1n) is 8.49. The van der Waals surface area contributed by atoms with E-state index in [1.54, 1.807) is 0 Å². The van der Waals surface area contributed by atoms with Crippen molar-refractivity contribution >= 4 is 76.7 Å². The van der Waals surface area contributed by atoms with Gasteiger partial charge in [-0.1, -0.05) is 0 Å². The van der Waals surface area contributed by atoms with E-state index >= 15 is 0 Å². The van der Waals surface area contributed by atoms with Crippen LogP contribution in [0.25, 0.3) is 0 Å². The summed E-state index contributed by atoms with van der Waals surface area (Å²) in [5.41, 5.74) is -0.339. The van der Waals surface area contributed by atoms with Gasteiger partial charge >= 0.3 is 150 Å². The molecule has 1 aliphatic rings. The number of rotatable bonds is 2. The van der Waals surface area contributed by atoms with Gasteiger partial charge in [-0.2, -0.15) is 0 Å². The predicted octanol–water partition coefficient (Wildman–Crippen LogP) is 5.07. The molecule has 0 spiro atoms. The Morgan fingerprint density at radius 1 is 0.833 bits per heavy atom. The summed E-state index contributed by atoms with van der Waals surface area (Å²) in [6.45, 7) is 7.94. The molecule has 1 rings (SSSR count). The van der Waals surface area contributed by atoms with E-state index in [0.29, 0.717) is 0 Å². The van der Waals surface area contributed by atoms with Crippen LogP contribution in [0.5, 0.6) is 0 Å². The van der Waals surface area contributed by atoms with Gasteiger partial charge in [0.05, 0.1) is 0 Å². The third kappa shape index (κ3) is 46.6. The summed E-state index contributed by atoms with van der Waals surface area (Å²) < 4.78 is 124. The minimum Gasteiger partial charge on any atom is -0.418 e. The average Bonchev–Trinajstić information content (AvgIpc) is 2.40. The number of esters is 1. The third-order valence-corrected chi connectivity index (χ3v) is 4.17. The summed E-state index contributed by atoms with van der Waals surface area (Å²) in [4.78, 5) is 14.2. The molecular formula is C11H20B3F12KNO2-3. The Morgan fingerprint density at radius 3 is 1.30 bits per heavy atom. The monoisotopic (exact) mass is 498 g/mol. The fourth-order valence-electron chi connectivity index (χ4n) is 1.87. The molecule has 19 heteroatoms. The molecule has 0 unspecified atom stereocenters. The van der Waals surface area contributed by atoms with Gasteiger partial charge in [0.15, 0.2) is 0 Å². The number of likely N-dealkylation sites (tertiary alicyclic amines) is 1. The zero-order chi connectivity index (χ0) is 25.0. The second-order valence-corrected chi connectivity index (χ2v) is 7.71. The standard InChI is InChI=1S/C11H20NO2.3BF4.K/c1-11(2,3)14-10(13)9-5-7-12(4)8-6-9;3*2-1(3,4)5;/h9H,4-8H2,1-3H3;;;;/q;3*-1;. The molecular weight excluding hydrogens is 478 g/mol. The quantitative estimate of drug-likeness (QED) is 0.303. The molecule has 0 amide bonds. The molecule has 1 fully saturated rings. The predicted molar refractivity (Wildman–Crippen MR) is 91.3 cm³/mol. The van der Waals surface area contributed by atoms with Gasteiger partial charge in [-0.05, 0) is 0 Å². The van der Waals surface area contributed by atoms with Crippen molar-refractivity contribution in [1.82, 2.24) is 4.90 Å². The van der Waals surface area contributed by atoms with Gasteiger partial charge in [0, 0.05) is 0 Å². The van der Waals surface area contributed by atoms with Crippen molar-refractivity contribution in [3.63, 3.8) is 0 Å². The summed E-state index contributed by atoms with van der Waals surface area (Å²) in [7, 11) is -18.0. The Hall–Kier alpha value is 0.421. The van der Waals surface area contributed by atoms with Gasteiger partial charge in [-0.15, -0.1) is 0 Å². The minimum absolute atomic E-state index is 0.000200. The molecule has 30 heavy (non-hydrogen) atoms. The summed E-state index contributed by atoms with van der Waals surface area (Å²) in [6.07, 6.45) is 1.95. The molecule has 0 bridgehead atoms. The zero-order valence-corrected chi connectivity index (χ0v) is 19.8. The Balaban J connectivity index is -0.000000400. The molecule has 1 aliphatic heterocycles. The number of carbonyl (C=O) groups excluding carboxylic acids is 1. The van der Waals surface area contributed by atoms with Crippen molar-refractivity contribution in [2.24, 2.45) is 5.92 Å². The molecule has 0 N–H and O–H groups in total. The van der Waals surface area contributed by atoms with E-state index in [0.717, 1.165) is 74.9 Å². The van der Waals surface area contributed by atoms with Gasteiger partial charge < -0.3 is 51.8 Å². The SMILES string of the molecule is CC(C)(C)OC(=O)C1CCN([CH2][K])CC1.F[B-](F)(F)F.F[B-](F)(F)F.F[B-](F)(F)F. The third-order valence-electron chi connectivity index (χ3n) is 2.77. The van der Waals surface area contributed by atoms with Gasteiger partial charge in [0.2, 0.25) is 0 Å². The van der Waals surface area contributed by atoms with E-state index < -0.39 is 21.8 Å². The van der Waals surface area contributed by atoms with Crippen molar-refractivity contribution in [1.29, 1.82) is 0 Å². The molecule has 1 heterocycles. The maximum atomic E-state index is 11.8. The van der Waals surface area contributed by atoms with Crippen LogP contribution in [0, 0.1) is 5.92 Å². The van der Waals surface area contributed by atoms with Gasteiger partial charge in [0.1, 0.15) is 0 Å². The van der Waals surface area contributed by atoms with E-state index in [9.17, 15) is 56.6 Å². The van der Waals surface area contributed by atoms with Gasteiger partial charge in [-0.25, -0.2) is 0 Å². The summed E-state index contributed by atoms with van der Waals surface area (Å²) >= 11 is 0.895. The topological polar surface area (TPSA) is 29.5 Å². The molecule has 178 valence electrons. The number of carbonyl (C=O) groups is 1. The number of hydrogen-bond donors (Lipinski definition) is 0. The van der Waals surface area contributed by atoms with Crippen LogP contribution in [-0.4, -0.2) is 101 Å². The summed E-state index contributed by atoms with van der Waals surface area (Å²) in [5, 5.41) is 0. The molecule has 0 aromatic carbocycles. The van der Waals surface area contributed by atoms with Crippen molar-refractivity contribution in [2.75, 3.05) is 13.7 Å². The van der Waals surface area contributed by atoms with Gasteiger partial charge in [0.25, 0.3) is 0 Å². The normalized spacial score (nSPS) is 16.2. The van der Waals surface area contributed by atoms with Crippen LogP contribution in [0.1, 0.15) is 33.6 Å². The molecule has 0 radical (unpaired) electrons. The first kappa shape index (κ1) is 35.0. The zero-order valence-electron chi connectivity index (χ0n) is 16.6. The molecule has 0 aromatic heterocycles. The minimum atomic E-state index is -6.00. The molecule has 0 aromatic rings. The van der Waals surface area contributed by atoms with Crippen molar-refractivity contribution in [3.05, 3.63) is 0 Å². The Morgan fingerprint density at radius 2 is 1.10 bits per heavy atom.